The van der Waals surface area contributed by atoms with Crippen LogP contribution in [0.3, 0.4) is 0 Å². The first-order chi connectivity index (χ1) is 12.0. The molecule has 0 bridgehead atoms. The summed E-state index contributed by atoms with van der Waals surface area (Å²) in [4.78, 5) is 33.9. The second-order valence-corrected chi connectivity index (χ2v) is 5.70. The molecule has 0 heterocycles. The van der Waals surface area contributed by atoms with E-state index in [0.29, 0.717) is 37.9 Å². The van der Waals surface area contributed by atoms with Gasteiger partial charge in [0.15, 0.2) is 0 Å². The molecule has 0 spiro atoms. The Morgan fingerprint density at radius 2 is 1.28 bits per heavy atom. The minimum Gasteiger partial charge on any atom is -0.466 e. The van der Waals surface area contributed by atoms with Crippen LogP contribution in [0.25, 0.3) is 0 Å². The van der Waals surface area contributed by atoms with Crippen LogP contribution in [0.4, 0.5) is 0 Å². The topological polar surface area (TPSA) is 99.1 Å². The van der Waals surface area contributed by atoms with Crippen molar-refractivity contribution >= 4 is 17.9 Å². The second kappa shape index (κ2) is 15.6. The summed E-state index contributed by atoms with van der Waals surface area (Å²) in [6.45, 7) is 5.54. The minimum absolute atomic E-state index is 0.0195. The molecule has 0 aliphatic rings. The maximum absolute atomic E-state index is 11.5. The zero-order chi connectivity index (χ0) is 18.9. The van der Waals surface area contributed by atoms with Gasteiger partial charge in [0.2, 0.25) is 0 Å². The molecule has 0 aliphatic carbocycles. The van der Waals surface area contributed by atoms with Crippen LogP contribution in [-0.2, 0) is 28.6 Å². The van der Waals surface area contributed by atoms with E-state index in [2.05, 4.69) is 6.58 Å². The summed E-state index contributed by atoms with van der Waals surface area (Å²) < 4.78 is 14.8. The summed E-state index contributed by atoms with van der Waals surface area (Å²) in [5.41, 5.74) is 0.303. The molecule has 0 aliphatic heterocycles. The predicted molar refractivity (Wildman–Crippen MR) is 91.7 cm³/mol. The fourth-order valence-corrected chi connectivity index (χ4v) is 1.85. The van der Waals surface area contributed by atoms with Crippen LogP contribution in [0, 0.1) is 0 Å². The molecular weight excluding hydrogens is 328 g/mol. The molecule has 0 rings (SSSR count). The number of aliphatic hydroxyl groups is 1. The van der Waals surface area contributed by atoms with Gasteiger partial charge in [-0.2, -0.15) is 0 Å². The Labute approximate surface area is 149 Å². The first kappa shape index (κ1) is 23.1. The molecule has 0 aromatic carbocycles. The Morgan fingerprint density at radius 1 is 0.760 bits per heavy atom. The molecular formula is C18H30O7. The van der Waals surface area contributed by atoms with Gasteiger partial charge in [0.25, 0.3) is 0 Å². The molecule has 0 aromatic rings. The molecule has 25 heavy (non-hydrogen) atoms. The number of unbranched alkanes of at least 4 members (excludes halogenated alkanes) is 4. The number of hydrogen-bond acceptors (Lipinski definition) is 7. The average Bonchev–Trinajstić information content (AvgIpc) is 2.58. The van der Waals surface area contributed by atoms with Crippen LogP contribution in [-0.4, -0.2) is 49.4 Å². The third kappa shape index (κ3) is 15.4. The number of rotatable bonds is 15. The van der Waals surface area contributed by atoms with Gasteiger partial charge in [0.1, 0.15) is 13.2 Å². The van der Waals surface area contributed by atoms with Gasteiger partial charge in [-0.1, -0.05) is 13.0 Å². The lowest BCUT2D eigenvalue weighted by molar-refractivity contribution is -0.150. The lowest BCUT2D eigenvalue weighted by Gasteiger charge is -2.07. The van der Waals surface area contributed by atoms with Gasteiger partial charge in [0.05, 0.1) is 6.61 Å². The van der Waals surface area contributed by atoms with Gasteiger partial charge in [-0.15, -0.1) is 0 Å². The summed E-state index contributed by atoms with van der Waals surface area (Å²) in [5, 5.41) is 8.62. The molecule has 0 radical (unpaired) electrons. The van der Waals surface area contributed by atoms with Crippen LogP contribution in [0.2, 0.25) is 0 Å². The number of esters is 3. The van der Waals surface area contributed by atoms with Gasteiger partial charge in [-0.05, 0) is 39.0 Å². The van der Waals surface area contributed by atoms with E-state index in [1.54, 1.807) is 6.92 Å². The Bertz CT molecular complexity index is 418. The van der Waals surface area contributed by atoms with E-state index in [1.807, 2.05) is 0 Å². The van der Waals surface area contributed by atoms with Crippen molar-refractivity contribution in [2.24, 2.45) is 0 Å². The van der Waals surface area contributed by atoms with Gasteiger partial charge >= 0.3 is 17.9 Å². The maximum Gasteiger partial charge on any atom is 0.333 e. The Morgan fingerprint density at radius 3 is 1.84 bits per heavy atom. The molecule has 0 amide bonds. The highest BCUT2D eigenvalue weighted by Crippen LogP contribution is 2.04. The largest absolute Gasteiger partial charge is 0.466 e. The highest BCUT2D eigenvalue weighted by Gasteiger charge is 2.06. The standard InChI is InChI=1S/C18H30O7/c1-15(2)18(22)25-14-13-24-17(21)10-6-4-8-12-23-16(20)9-5-3-7-11-19/h19H,1,3-14H2,2H3. The van der Waals surface area contributed by atoms with E-state index in [1.165, 1.54) is 0 Å². The summed E-state index contributed by atoms with van der Waals surface area (Å²) in [6.07, 6.45) is 5.03. The Hall–Kier alpha value is -1.89. The molecule has 0 atom stereocenters. The quantitative estimate of drug-likeness (QED) is 0.207. The zero-order valence-corrected chi connectivity index (χ0v) is 15.1. The van der Waals surface area contributed by atoms with Crippen molar-refractivity contribution in [2.45, 2.75) is 58.3 Å². The fraction of sp³-hybridized carbons (Fsp3) is 0.722. The van der Waals surface area contributed by atoms with E-state index in [4.69, 9.17) is 19.3 Å². The van der Waals surface area contributed by atoms with Crippen molar-refractivity contribution in [2.75, 3.05) is 26.4 Å². The Kier molecular flexibility index (Phi) is 14.4. The number of carbonyl (C=O) groups excluding carboxylic acids is 3. The normalized spacial score (nSPS) is 10.2. The number of hydrogen-bond donors (Lipinski definition) is 1. The van der Waals surface area contributed by atoms with Crippen LogP contribution >= 0.6 is 0 Å². The molecule has 0 saturated carbocycles. The smallest absolute Gasteiger partial charge is 0.333 e. The van der Waals surface area contributed by atoms with Crippen molar-refractivity contribution in [3.63, 3.8) is 0 Å². The molecule has 144 valence electrons. The van der Waals surface area contributed by atoms with Crippen molar-refractivity contribution in [1.29, 1.82) is 0 Å². The molecule has 0 unspecified atom stereocenters. The third-order valence-corrected chi connectivity index (χ3v) is 3.26. The summed E-state index contributed by atoms with van der Waals surface area (Å²) in [6, 6.07) is 0. The minimum atomic E-state index is -0.501. The van der Waals surface area contributed by atoms with Gasteiger partial charge in [0, 0.05) is 25.0 Å². The van der Waals surface area contributed by atoms with Gasteiger partial charge in [-0.3, -0.25) is 9.59 Å². The number of ether oxygens (including phenoxy) is 3. The van der Waals surface area contributed by atoms with Gasteiger partial charge in [-0.25, -0.2) is 4.79 Å². The van der Waals surface area contributed by atoms with Crippen molar-refractivity contribution < 1.29 is 33.7 Å². The van der Waals surface area contributed by atoms with Crippen molar-refractivity contribution in [3.05, 3.63) is 12.2 Å². The SMILES string of the molecule is C=C(C)C(=O)OCCOC(=O)CCCCCOC(=O)CCCCCO. The van der Waals surface area contributed by atoms with Crippen LogP contribution in [0.1, 0.15) is 58.3 Å². The first-order valence-corrected chi connectivity index (χ1v) is 8.72. The van der Waals surface area contributed by atoms with Crippen LogP contribution in [0.15, 0.2) is 12.2 Å². The summed E-state index contributed by atoms with van der Waals surface area (Å²) in [5.74, 6) is -1.06. The molecule has 0 aromatic heterocycles. The average molecular weight is 358 g/mol. The highest BCUT2D eigenvalue weighted by atomic mass is 16.6. The lowest BCUT2D eigenvalue weighted by Crippen LogP contribution is -2.14. The monoisotopic (exact) mass is 358 g/mol. The third-order valence-electron chi connectivity index (χ3n) is 3.26. The van der Waals surface area contributed by atoms with E-state index in [0.717, 1.165) is 19.3 Å². The van der Waals surface area contributed by atoms with Crippen molar-refractivity contribution in [1.82, 2.24) is 0 Å². The first-order valence-electron chi connectivity index (χ1n) is 8.72. The lowest BCUT2D eigenvalue weighted by atomic mass is 10.2. The molecule has 0 saturated heterocycles. The second-order valence-electron chi connectivity index (χ2n) is 5.70. The molecule has 7 heteroatoms. The van der Waals surface area contributed by atoms with Crippen LogP contribution in [0.5, 0.6) is 0 Å². The maximum atomic E-state index is 11.5. The molecule has 0 fully saturated rings. The van der Waals surface area contributed by atoms with Crippen molar-refractivity contribution in [3.8, 4) is 0 Å². The summed E-state index contributed by atoms with van der Waals surface area (Å²) in [7, 11) is 0. The molecule has 1 N–H and O–H groups in total. The van der Waals surface area contributed by atoms with E-state index in [-0.39, 0.29) is 38.2 Å². The van der Waals surface area contributed by atoms with E-state index >= 15 is 0 Å². The summed E-state index contributed by atoms with van der Waals surface area (Å²) >= 11 is 0. The number of aliphatic hydroxyl groups excluding tert-OH is 1. The fourth-order valence-electron chi connectivity index (χ4n) is 1.85. The van der Waals surface area contributed by atoms with Crippen LogP contribution < -0.4 is 0 Å². The number of carbonyl (C=O) groups is 3. The van der Waals surface area contributed by atoms with E-state index in [9.17, 15) is 14.4 Å². The highest BCUT2D eigenvalue weighted by molar-refractivity contribution is 5.86. The predicted octanol–water partition coefficient (Wildman–Crippen LogP) is 2.31. The molecule has 7 nitrogen and oxygen atoms in total. The Balaban J connectivity index is 3.41. The van der Waals surface area contributed by atoms with E-state index < -0.39 is 5.97 Å². The van der Waals surface area contributed by atoms with Gasteiger partial charge < -0.3 is 19.3 Å². The zero-order valence-electron chi connectivity index (χ0n) is 15.1.